The van der Waals surface area contributed by atoms with Crippen molar-refractivity contribution < 1.29 is 13.7 Å². The lowest BCUT2D eigenvalue weighted by molar-refractivity contribution is 0.361. The minimum atomic E-state index is -0.494. The third-order valence-electron chi connectivity index (χ3n) is 5.25. The van der Waals surface area contributed by atoms with Gasteiger partial charge in [-0.3, -0.25) is 0 Å². The highest BCUT2D eigenvalue weighted by atomic mass is 19.1. The zero-order valence-corrected chi connectivity index (χ0v) is 18.4. The van der Waals surface area contributed by atoms with E-state index < -0.39 is 11.9 Å². The highest BCUT2D eigenvalue weighted by Gasteiger charge is 2.17. The van der Waals surface area contributed by atoms with Crippen LogP contribution in [0.4, 0.5) is 4.39 Å². The van der Waals surface area contributed by atoms with E-state index in [0.717, 1.165) is 30.3 Å². The molecule has 3 N–H and O–H groups in total. The first-order valence-electron chi connectivity index (χ1n) is 10.5. The van der Waals surface area contributed by atoms with E-state index in [4.69, 9.17) is 15.0 Å². The number of aryl methyl sites for hydroxylation is 2. The molecule has 4 rings (SSSR count). The number of fused-ring (bicyclic) bond motifs is 1. The first-order chi connectivity index (χ1) is 15.4. The summed E-state index contributed by atoms with van der Waals surface area (Å²) in [6.45, 7) is 2.89. The molecule has 3 aromatic heterocycles. The van der Waals surface area contributed by atoms with Gasteiger partial charge in [0.2, 0.25) is 5.89 Å². The zero-order valence-electron chi connectivity index (χ0n) is 18.4. The Morgan fingerprint density at radius 3 is 2.88 bits per heavy atom. The van der Waals surface area contributed by atoms with Crippen molar-refractivity contribution in [2.45, 2.75) is 32.2 Å². The molecule has 8 nitrogen and oxygen atoms in total. The van der Waals surface area contributed by atoms with Gasteiger partial charge in [0.05, 0.1) is 5.39 Å². The largest absolute Gasteiger partial charge is 0.453 e. The maximum Gasteiger partial charge on any atom is 0.228 e. The monoisotopic (exact) mass is 438 g/mol. The summed E-state index contributed by atoms with van der Waals surface area (Å²) in [4.78, 5) is 13.8. The molecule has 0 amide bonds. The van der Waals surface area contributed by atoms with Crippen molar-refractivity contribution in [2.75, 3.05) is 20.6 Å². The molecular weight excluding hydrogens is 411 g/mol. The quantitative estimate of drug-likeness (QED) is 0.408. The number of halogens is 1. The summed E-state index contributed by atoms with van der Waals surface area (Å²) in [7, 11) is 4.05. The first-order valence-corrected chi connectivity index (χ1v) is 10.5. The average Bonchev–Trinajstić information content (AvgIpc) is 3.36. The van der Waals surface area contributed by atoms with Crippen molar-refractivity contribution in [3.63, 3.8) is 0 Å². The Bertz CT molecular complexity index is 1200. The lowest BCUT2D eigenvalue weighted by Crippen LogP contribution is -2.14. The van der Waals surface area contributed by atoms with Gasteiger partial charge in [-0.2, -0.15) is 4.98 Å². The Balaban J connectivity index is 1.43. The Kier molecular flexibility index (Phi) is 6.48. The van der Waals surface area contributed by atoms with Gasteiger partial charge in [-0.25, -0.2) is 9.37 Å². The van der Waals surface area contributed by atoms with Gasteiger partial charge >= 0.3 is 0 Å². The molecule has 9 heteroatoms. The van der Waals surface area contributed by atoms with E-state index in [2.05, 4.69) is 25.0 Å². The summed E-state index contributed by atoms with van der Waals surface area (Å²) in [6, 6.07) is 5.96. The topological polar surface area (TPSA) is 106 Å². The van der Waals surface area contributed by atoms with Crippen molar-refractivity contribution in [1.29, 1.82) is 0 Å². The fourth-order valence-corrected chi connectivity index (χ4v) is 3.55. The fraction of sp³-hybridized carbons (Fsp3) is 0.348. The molecule has 0 fully saturated rings. The summed E-state index contributed by atoms with van der Waals surface area (Å²) >= 11 is 0. The number of aromatic amines is 1. The van der Waals surface area contributed by atoms with Crippen LogP contribution in [0, 0.1) is 12.7 Å². The predicted octanol–water partition coefficient (Wildman–Crippen LogP) is 3.92. The Labute approximate surface area is 185 Å². The number of benzene rings is 1. The molecular formula is C23H27FN6O2. The summed E-state index contributed by atoms with van der Waals surface area (Å²) < 4.78 is 26.0. The Morgan fingerprint density at radius 2 is 2.09 bits per heavy atom. The van der Waals surface area contributed by atoms with E-state index in [0.29, 0.717) is 35.1 Å². The SMILES string of the molecule is Cc1c[nH]c2nccc(Oc3ccc([C@@H](N)Cc4nc(CCCN(C)C)no4)cc3F)c12. The van der Waals surface area contributed by atoms with E-state index in [-0.39, 0.29) is 5.75 Å². The highest BCUT2D eigenvalue weighted by molar-refractivity contribution is 5.86. The van der Waals surface area contributed by atoms with Crippen LogP contribution >= 0.6 is 0 Å². The van der Waals surface area contributed by atoms with Gasteiger partial charge in [0.15, 0.2) is 17.4 Å². The number of nitrogens with zero attached hydrogens (tertiary/aromatic N) is 4. The van der Waals surface area contributed by atoms with Crippen LogP contribution in [0.2, 0.25) is 0 Å². The Hall–Kier alpha value is -3.30. The van der Waals surface area contributed by atoms with Crippen LogP contribution in [0.15, 0.2) is 41.2 Å². The molecule has 3 heterocycles. The van der Waals surface area contributed by atoms with Gasteiger partial charge in [0, 0.05) is 31.3 Å². The van der Waals surface area contributed by atoms with E-state index >= 15 is 0 Å². The molecule has 0 radical (unpaired) electrons. The number of H-pyrrole nitrogens is 1. The van der Waals surface area contributed by atoms with Gasteiger partial charge in [0.25, 0.3) is 0 Å². The first kappa shape index (κ1) is 21.9. The van der Waals surface area contributed by atoms with Crippen LogP contribution in [0.5, 0.6) is 11.5 Å². The Morgan fingerprint density at radius 1 is 1.25 bits per heavy atom. The molecule has 0 aliphatic heterocycles. The molecule has 0 saturated carbocycles. The van der Waals surface area contributed by atoms with E-state index in [1.165, 1.54) is 6.07 Å². The smallest absolute Gasteiger partial charge is 0.228 e. The lowest BCUT2D eigenvalue weighted by Gasteiger charge is -2.13. The molecule has 0 spiro atoms. The third-order valence-corrected chi connectivity index (χ3v) is 5.25. The maximum absolute atomic E-state index is 14.8. The molecule has 0 aliphatic carbocycles. The summed E-state index contributed by atoms with van der Waals surface area (Å²) in [5, 5.41) is 4.83. The number of nitrogens with one attached hydrogen (secondary N) is 1. The number of aromatic nitrogens is 4. The summed E-state index contributed by atoms with van der Waals surface area (Å²) in [5.74, 6) is 1.27. The second-order valence-electron chi connectivity index (χ2n) is 8.12. The predicted molar refractivity (Wildman–Crippen MR) is 119 cm³/mol. The number of ether oxygens (including phenoxy) is 1. The molecule has 168 valence electrons. The van der Waals surface area contributed by atoms with Crippen LogP contribution in [0.3, 0.4) is 0 Å². The van der Waals surface area contributed by atoms with Gasteiger partial charge in [-0.15, -0.1) is 0 Å². The van der Waals surface area contributed by atoms with E-state index in [1.54, 1.807) is 24.4 Å². The van der Waals surface area contributed by atoms with Gasteiger partial charge in [-0.1, -0.05) is 11.2 Å². The standard InChI is InChI=1S/C23H27FN6O2/c1-14-13-27-23-22(14)19(8-9-26-23)31-18-7-6-15(11-16(18)24)17(25)12-21-28-20(29-32-21)5-4-10-30(2)3/h6-9,11,13,17H,4-5,10,12,25H2,1-3H3,(H,26,27)/t17-/m0/s1. The molecule has 32 heavy (non-hydrogen) atoms. The molecule has 0 aliphatic rings. The second-order valence-corrected chi connectivity index (χ2v) is 8.12. The van der Waals surface area contributed by atoms with Crippen molar-refractivity contribution in [2.24, 2.45) is 5.73 Å². The number of nitrogens with two attached hydrogens (primary N) is 1. The number of hydrogen-bond donors (Lipinski definition) is 2. The van der Waals surface area contributed by atoms with Crippen molar-refractivity contribution >= 4 is 11.0 Å². The minimum absolute atomic E-state index is 0.120. The zero-order chi connectivity index (χ0) is 22.7. The van der Waals surface area contributed by atoms with Crippen molar-refractivity contribution in [3.8, 4) is 11.5 Å². The van der Waals surface area contributed by atoms with E-state index in [1.807, 2.05) is 27.2 Å². The van der Waals surface area contributed by atoms with Gasteiger partial charge in [-0.05, 0) is 63.3 Å². The van der Waals surface area contributed by atoms with Gasteiger partial charge in [0.1, 0.15) is 11.4 Å². The molecule has 1 aromatic carbocycles. The molecule has 0 bridgehead atoms. The van der Waals surface area contributed by atoms with Crippen LogP contribution in [0.25, 0.3) is 11.0 Å². The molecule has 0 saturated heterocycles. The third kappa shape index (κ3) is 4.95. The summed E-state index contributed by atoms with van der Waals surface area (Å²) in [6.07, 6.45) is 5.47. The average molecular weight is 439 g/mol. The number of hydrogen-bond acceptors (Lipinski definition) is 7. The van der Waals surface area contributed by atoms with Crippen LogP contribution in [-0.2, 0) is 12.8 Å². The highest BCUT2D eigenvalue weighted by Crippen LogP contribution is 2.33. The van der Waals surface area contributed by atoms with Crippen molar-refractivity contribution in [3.05, 3.63) is 65.3 Å². The van der Waals surface area contributed by atoms with Crippen LogP contribution in [0.1, 0.15) is 35.3 Å². The lowest BCUT2D eigenvalue weighted by atomic mass is 10.0. The minimum Gasteiger partial charge on any atom is -0.453 e. The molecule has 0 unspecified atom stereocenters. The summed E-state index contributed by atoms with van der Waals surface area (Å²) in [5.41, 5.74) is 8.57. The second kappa shape index (κ2) is 9.46. The van der Waals surface area contributed by atoms with Crippen LogP contribution < -0.4 is 10.5 Å². The molecule has 4 aromatic rings. The fourth-order valence-electron chi connectivity index (χ4n) is 3.55. The van der Waals surface area contributed by atoms with E-state index in [9.17, 15) is 4.39 Å². The van der Waals surface area contributed by atoms with Crippen molar-refractivity contribution in [1.82, 2.24) is 25.0 Å². The number of pyridine rings is 1. The van der Waals surface area contributed by atoms with Crippen LogP contribution in [-0.4, -0.2) is 45.6 Å². The number of rotatable bonds is 9. The van der Waals surface area contributed by atoms with Gasteiger partial charge < -0.3 is 24.9 Å². The maximum atomic E-state index is 14.8. The normalized spacial score (nSPS) is 12.6. The molecule has 1 atom stereocenters.